The van der Waals surface area contributed by atoms with Crippen LogP contribution in [0.4, 0.5) is 0 Å². The number of aromatic nitrogens is 1. The van der Waals surface area contributed by atoms with Crippen molar-refractivity contribution < 1.29 is 14.3 Å². The molecule has 0 bridgehead atoms. The number of aryl methyl sites for hydroxylation is 1. The van der Waals surface area contributed by atoms with E-state index in [4.69, 9.17) is 4.74 Å². The van der Waals surface area contributed by atoms with Gasteiger partial charge in [-0.05, 0) is 37.3 Å². The first-order valence-corrected chi connectivity index (χ1v) is 14.1. The molecule has 0 N–H and O–H groups in total. The van der Waals surface area contributed by atoms with E-state index in [1.54, 1.807) is 24.1 Å². The maximum Gasteiger partial charge on any atom is 0.357 e. The van der Waals surface area contributed by atoms with Gasteiger partial charge < -0.3 is 9.64 Å². The first-order valence-electron chi connectivity index (χ1n) is 12.3. The van der Waals surface area contributed by atoms with E-state index in [1.165, 1.54) is 61.0 Å². The number of nitrogens with zero attached hydrogens (tertiary/aromatic N) is 2. The molecular weight excluding hydrogens is 452 g/mol. The predicted octanol–water partition coefficient (Wildman–Crippen LogP) is 6.68. The molecule has 1 unspecified atom stereocenters. The second-order valence-electron chi connectivity index (χ2n) is 8.47. The van der Waals surface area contributed by atoms with Gasteiger partial charge in [-0.25, -0.2) is 9.78 Å². The molecule has 180 valence electrons. The first-order chi connectivity index (χ1) is 16.1. The third-order valence-electron chi connectivity index (χ3n) is 6.04. The van der Waals surface area contributed by atoms with E-state index in [0.29, 0.717) is 25.3 Å². The SMILES string of the molecule is CCCCCCCCc1ccc(C2CCC(=O)N2CCSc2nc(C(=O)OCC)cs2)cc1. The number of amides is 1. The smallest absolute Gasteiger partial charge is 0.357 e. The molecule has 0 saturated carbocycles. The highest BCUT2D eigenvalue weighted by molar-refractivity contribution is 8.01. The normalized spacial score (nSPS) is 15.9. The van der Waals surface area contributed by atoms with Gasteiger partial charge in [0.25, 0.3) is 0 Å². The molecule has 2 heterocycles. The zero-order chi connectivity index (χ0) is 23.5. The number of unbranched alkanes of at least 4 members (excludes halogenated alkanes) is 5. The predicted molar refractivity (Wildman–Crippen MR) is 136 cm³/mol. The van der Waals surface area contributed by atoms with Crippen LogP contribution in [-0.4, -0.2) is 40.7 Å². The van der Waals surface area contributed by atoms with Gasteiger partial charge in [-0.15, -0.1) is 11.3 Å². The lowest BCUT2D eigenvalue weighted by atomic mass is 10.00. The van der Waals surface area contributed by atoms with Crippen molar-refractivity contribution in [2.75, 3.05) is 18.9 Å². The molecule has 1 saturated heterocycles. The number of carbonyl (C=O) groups is 2. The van der Waals surface area contributed by atoms with Crippen molar-refractivity contribution in [2.45, 2.75) is 82.0 Å². The van der Waals surface area contributed by atoms with E-state index >= 15 is 0 Å². The van der Waals surface area contributed by atoms with E-state index in [0.717, 1.165) is 22.9 Å². The van der Waals surface area contributed by atoms with Gasteiger partial charge >= 0.3 is 5.97 Å². The third kappa shape index (κ3) is 7.85. The lowest BCUT2D eigenvalue weighted by Gasteiger charge is -2.25. The third-order valence-corrected chi connectivity index (χ3v) is 8.04. The molecule has 1 amide bonds. The van der Waals surface area contributed by atoms with E-state index in [-0.39, 0.29) is 17.9 Å². The summed E-state index contributed by atoms with van der Waals surface area (Å²) in [5, 5.41) is 1.73. The summed E-state index contributed by atoms with van der Waals surface area (Å²) < 4.78 is 5.83. The minimum atomic E-state index is -0.379. The van der Waals surface area contributed by atoms with Crippen LogP contribution in [0.25, 0.3) is 0 Å². The lowest BCUT2D eigenvalue weighted by Crippen LogP contribution is -2.29. The van der Waals surface area contributed by atoms with Crippen molar-refractivity contribution in [2.24, 2.45) is 0 Å². The van der Waals surface area contributed by atoms with Crippen molar-refractivity contribution in [3.05, 3.63) is 46.5 Å². The minimum Gasteiger partial charge on any atom is -0.461 e. The molecule has 0 aliphatic carbocycles. The summed E-state index contributed by atoms with van der Waals surface area (Å²) in [6.45, 7) is 5.06. The lowest BCUT2D eigenvalue weighted by molar-refractivity contribution is -0.128. The van der Waals surface area contributed by atoms with Gasteiger partial charge in [0.2, 0.25) is 5.91 Å². The Balaban J connectivity index is 1.46. The Morgan fingerprint density at radius 2 is 1.91 bits per heavy atom. The van der Waals surface area contributed by atoms with Crippen molar-refractivity contribution in [1.29, 1.82) is 0 Å². The molecule has 1 aliphatic rings. The van der Waals surface area contributed by atoms with Crippen molar-refractivity contribution in [1.82, 2.24) is 9.88 Å². The summed E-state index contributed by atoms with van der Waals surface area (Å²) in [5.41, 5.74) is 2.98. The summed E-state index contributed by atoms with van der Waals surface area (Å²) >= 11 is 3.03. The van der Waals surface area contributed by atoms with Crippen LogP contribution >= 0.6 is 23.1 Å². The van der Waals surface area contributed by atoms with Crippen LogP contribution in [0.1, 0.15) is 92.9 Å². The van der Waals surface area contributed by atoms with Crippen LogP contribution in [0, 0.1) is 0 Å². The van der Waals surface area contributed by atoms with Crippen LogP contribution < -0.4 is 0 Å². The molecule has 1 fully saturated rings. The highest BCUT2D eigenvalue weighted by Gasteiger charge is 2.31. The van der Waals surface area contributed by atoms with Gasteiger partial charge in [-0.3, -0.25) is 4.79 Å². The molecule has 1 aromatic heterocycles. The Morgan fingerprint density at radius 1 is 1.15 bits per heavy atom. The molecule has 0 radical (unpaired) electrons. The molecule has 0 spiro atoms. The van der Waals surface area contributed by atoms with Crippen molar-refractivity contribution in [3.8, 4) is 0 Å². The fourth-order valence-corrected chi connectivity index (χ4v) is 6.03. The second-order valence-corrected chi connectivity index (χ2v) is 10.7. The van der Waals surface area contributed by atoms with Gasteiger partial charge in [0.15, 0.2) is 10.0 Å². The summed E-state index contributed by atoms with van der Waals surface area (Å²) in [7, 11) is 0. The Bertz CT molecular complexity index is 882. The molecule has 2 aromatic rings. The topological polar surface area (TPSA) is 59.5 Å². The van der Waals surface area contributed by atoms with Crippen LogP contribution in [0.5, 0.6) is 0 Å². The van der Waals surface area contributed by atoms with Crippen LogP contribution in [0.2, 0.25) is 0 Å². The van der Waals surface area contributed by atoms with E-state index < -0.39 is 0 Å². The van der Waals surface area contributed by atoms with Gasteiger partial charge in [0.05, 0.1) is 12.6 Å². The zero-order valence-corrected chi connectivity index (χ0v) is 21.5. The zero-order valence-electron chi connectivity index (χ0n) is 19.9. The average Bonchev–Trinajstić information content (AvgIpc) is 3.44. The van der Waals surface area contributed by atoms with Gasteiger partial charge in [-0.1, -0.05) is 75.1 Å². The van der Waals surface area contributed by atoms with Crippen LogP contribution in [0.3, 0.4) is 0 Å². The number of thioether (sulfide) groups is 1. The van der Waals surface area contributed by atoms with Crippen molar-refractivity contribution in [3.63, 3.8) is 0 Å². The quantitative estimate of drug-likeness (QED) is 0.169. The molecule has 1 atom stereocenters. The fourth-order valence-electron chi connectivity index (χ4n) is 4.23. The maximum atomic E-state index is 12.5. The van der Waals surface area contributed by atoms with E-state index in [1.807, 2.05) is 4.90 Å². The molecule has 33 heavy (non-hydrogen) atoms. The molecule has 3 rings (SSSR count). The van der Waals surface area contributed by atoms with Gasteiger partial charge in [-0.2, -0.15) is 0 Å². The summed E-state index contributed by atoms with van der Waals surface area (Å²) in [5.74, 6) is 0.604. The Morgan fingerprint density at radius 3 is 2.67 bits per heavy atom. The summed E-state index contributed by atoms with van der Waals surface area (Å²) in [6.07, 6.45) is 10.5. The van der Waals surface area contributed by atoms with E-state index in [2.05, 4.69) is 36.2 Å². The fraction of sp³-hybridized carbons (Fsp3) is 0.577. The number of esters is 1. The first kappa shape index (κ1) is 25.8. The number of ether oxygens (including phenoxy) is 1. The number of carbonyl (C=O) groups excluding carboxylic acids is 2. The molecule has 1 aliphatic heterocycles. The summed E-state index contributed by atoms with van der Waals surface area (Å²) in [6, 6.07) is 9.06. The maximum absolute atomic E-state index is 12.5. The number of hydrogen-bond acceptors (Lipinski definition) is 6. The summed E-state index contributed by atoms with van der Waals surface area (Å²) in [4.78, 5) is 30.7. The van der Waals surface area contributed by atoms with Crippen molar-refractivity contribution >= 4 is 35.0 Å². The number of likely N-dealkylation sites (tertiary alicyclic amines) is 1. The van der Waals surface area contributed by atoms with Gasteiger partial charge in [0, 0.05) is 24.1 Å². The standard InChI is InChI=1S/C26H36N2O3S2/c1-3-5-6-7-8-9-10-20-11-13-21(14-12-20)23-15-16-24(29)28(23)17-18-32-26-27-22(19-33-26)25(30)31-4-2/h11-14,19,23H,3-10,15-18H2,1-2H3. The number of hydrogen-bond donors (Lipinski definition) is 0. The monoisotopic (exact) mass is 488 g/mol. The minimum absolute atomic E-state index is 0.160. The molecule has 5 nitrogen and oxygen atoms in total. The highest BCUT2D eigenvalue weighted by atomic mass is 32.2. The Labute approximate surface area is 206 Å². The molecule has 1 aromatic carbocycles. The number of rotatable bonds is 14. The van der Waals surface area contributed by atoms with E-state index in [9.17, 15) is 9.59 Å². The Kier molecular flexibility index (Phi) is 10.7. The van der Waals surface area contributed by atoms with Gasteiger partial charge in [0.1, 0.15) is 0 Å². The van der Waals surface area contributed by atoms with Crippen LogP contribution in [-0.2, 0) is 16.0 Å². The largest absolute Gasteiger partial charge is 0.461 e. The molecule has 7 heteroatoms. The number of benzene rings is 1. The molecular formula is C26H36N2O3S2. The average molecular weight is 489 g/mol. The number of thiazole rings is 1. The van der Waals surface area contributed by atoms with Crippen LogP contribution in [0.15, 0.2) is 34.0 Å². The Hall–Kier alpha value is -1.86. The highest BCUT2D eigenvalue weighted by Crippen LogP contribution is 2.34. The second kappa shape index (κ2) is 13.8.